The number of methoxy groups -OCH3 is 2. The molecule has 0 spiro atoms. The van der Waals surface area contributed by atoms with E-state index in [1.165, 1.54) is 19.5 Å². The third kappa shape index (κ3) is 8.33. The molecule has 240 valence electrons. The van der Waals surface area contributed by atoms with Gasteiger partial charge in [-0.25, -0.2) is 18.7 Å². The summed E-state index contributed by atoms with van der Waals surface area (Å²) in [5.41, 5.74) is 2.01. The second-order valence-corrected chi connectivity index (χ2v) is 10.6. The van der Waals surface area contributed by atoms with Gasteiger partial charge in [-0.1, -0.05) is 36.4 Å². The fourth-order valence-corrected chi connectivity index (χ4v) is 4.96. The van der Waals surface area contributed by atoms with Crippen LogP contribution in [0.3, 0.4) is 0 Å². The highest BCUT2D eigenvalue weighted by Crippen LogP contribution is 2.36. The van der Waals surface area contributed by atoms with Gasteiger partial charge in [0.05, 0.1) is 37.2 Å². The Labute approximate surface area is 265 Å². The van der Waals surface area contributed by atoms with E-state index in [0.29, 0.717) is 65.2 Å². The minimum atomic E-state index is -3.00. The zero-order valence-electron chi connectivity index (χ0n) is 25.8. The first kappa shape index (κ1) is 32.3. The molecule has 12 heteroatoms. The standard InChI is InChI=1S/C34H35F2N5O5/c1-34(35,36)26-19-31(41-28(26)16-22-8-5-4-6-9-22)37-13-12-32(42)40-23-10-7-11-24(17-23)46-33-25-18-29(44-3)30(45-15-14-43-2)20-27(25)38-21-39-33/h4-11,17-21,28H,12-16H2,1-3H3,(H,37,41)(H,40,42). The number of nitrogens with zero attached hydrogens (tertiary/aromatic N) is 3. The van der Waals surface area contributed by atoms with E-state index in [0.717, 1.165) is 12.5 Å². The normalized spacial score (nSPS) is 15.4. The zero-order valence-corrected chi connectivity index (χ0v) is 25.8. The van der Waals surface area contributed by atoms with Crippen LogP contribution in [0.1, 0.15) is 18.9 Å². The van der Waals surface area contributed by atoms with E-state index in [1.807, 2.05) is 30.3 Å². The Morgan fingerprint density at radius 1 is 1.02 bits per heavy atom. The Morgan fingerprint density at radius 3 is 2.61 bits per heavy atom. The highest BCUT2D eigenvalue weighted by Gasteiger charge is 2.37. The number of aromatic nitrogens is 2. The van der Waals surface area contributed by atoms with E-state index in [1.54, 1.807) is 43.5 Å². The number of carbonyl (C=O) groups is 1. The number of amides is 1. The van der Waals surface area contributed by atoms with E-state index < -0.39 is 12.0 Å². The van der Waals surface area contributed by atoms with Gasteiger partial charge in [-0.2, -0.15) is 0 Å². The van der Waals surface area contributed by atoms with Crippen molar-refractivity contribution in [2.45, 2.75) is 31.7 Å². The molecule has 2 N–H and O–H groups in total. The maximum atomic E-state index is 14.3. The monoisotopic (exact) mass is 631 g/mol. The molecule has 0 radical (unpaired) electrons. The molecular weight excluding hydrogens is 596 g/mol. The van der Waals surface area contributed by atoms with Crippen LogP contribution in [0.15, 0.2) is 89.7 Å². The molecule has 2 heterocycles. The molecule has 0 bridgehead atoms. The number of nitrogens with one attached hydrogen (secondary N) is 2. The fourth-order valence-electron chi connectivity index (χ4n) is 4.96. The maximum absolute atomic E-state index is 14.3. The smallest absolute Gasteiger partial charge is 0.269 e. The highest BCUT2D eigenvalue weighted by atomic mass is 19.3. The minimum absolute atomic E-state index is 0.0258. The first-order valence-electron chi connectivity index (χ1n) is 14.7. The quantitative estimate of drug-likeness (QED) is 0.163. The van der Waals surface area contributed by atoms with Crippen molar-refractivity contribution in [3.8, 4) is 23.1 Å². The lowest BCUT2D eigenvalue weighted by Gasteiger charge is -2.20. The highest BCUT2D eigenvalue weighted by molar-refractivity contribution is 5.97. The van der Waals surface area contributed by atoms with Gasteiger partial charge < -0.3 is 29.6 Å². The fraction of sp³-hybridized carbons (Fsp3) is 0.294. The van der Waals surface area contributed by atoms with Crippen LogP contribution in [0.2, 0.25) is 0 Å². The number of fused-ring (bicyclic) bond motifs is 1. The van der Waals surface area contributed by atoms with Gasteiger partial charge in [0.25, 0.3) is 5.92 Å². The zero-order chi connectivity index (χ0) is 32.5. The van der Waals surface area contributed by atoms with Crippen LogP contribution in [0, 0.1) is 0 Å². The van der Waals surface area contributed by atoms with Crippen LogP contribution in [-0.2, 0) is 16.0 Å². The SMILES string of the molecule is COCCOc1cc2ncnc(Oc3cccc(NC(=O)CCN=C4C=C(C(C)(F)F)C(Cc5ccccc5)N4)c3)c2cc1OC. The van der Waals surface area contributed by atoms with Crippen molar-refractivity contribution in [1.82, 2.24) is 15.3 Å². The summed E-state index contributed by atoms with van der Waals surface area (Å²) in [5, 5.41) is 6.52. The Balaban J connectivity index is 1.21. The molecule has 46 heavy (non-hydrogen) atoms. The van der Waals surface area contributed by atoms with E-state index in [2.05, 4.69) is 25.6 Å². The van der Waals surface area contributed by atoms with Crippen molar-refractivity contribution in [2.24, 2.45) is 4.99 Å². The van der Waals surface area contributed by atoms with Crippen molar-refractivity contribution in [3.63, 3.8) is 0 Å². The van der Waals surface area contributed by atoms with Gasteiger partial charge in [0.15, 0.2) is 11.5 Å². The van der Waals surface area contributed by atoms with Crippen LogP contribution in [0.25, 0.3) is 10.9 Å². The number of anilines is 1. The summed E-state index contributed by atoms with van der Waals surface area (Å²) in [6, 6.07) is 19.2. The molecule has 0 saturated heterocycles. The lowest BCUT2D eigenvalue weighted by molar-refractivity contribution is -0.116. The van der Waals surface area contributed by atoms with Gasteiger partial charge in [-0.3, -0.25) is 9.79 Å². The summed E-state index contributed by atoms with van der Waals surface area (Å²) < 4.78 is 51.0. The molecule has 1 atom stereocenters. The van der Waals surface area contributed by atoms with Crippen LogP contribution >= 0.6 is 0 Å². The average molecular weight is 632 g/mol. The average Bonchev–Trinajstić information content (AvgIpc) is 3.44. The summed E-state index contributed by atoms with van der Waals surface area (Å²) in [6.45, 7) is 1.77. The number of aliphatic imine (C=N–C) groups is 1. The molecule has 0 aliphatic carbocycles. The van der Waals surface area contributed by atoms with Crippen molar-refractivity contribution in [1.29, 1.82) is 0 Å². The Bertz CT molecular complexity index is 1730. The molecule has 1 aliphatic rings. The lowest BCUT2D eigenvalue weighted by atomic mass is 9.97. The number of amidine groups is 1. The molecule has 4 aromatic rings. The number of carbonyl (C=O) groups excluding carboxylic acids is 1. The second kappa shape index (κ2) is 14.8. The Kier molecular flexibility index (Phi) is 10.4. The number of ether oxygens (including phenoxy) is 4. The summed E-state index contributed by atoms with van der Waals surface area (Å²) in [6.07, 6.45) is 3.22. The first-order chi connectivity index (χ1) is 22.2. The largest absolute Gasteiger partial charge is 0.493 e. The molecule has 10 nitrogen and oxygen atoms in total. The third-order valence-electron chi connectivity index (χ3n) is 7.16. The minimum Gasteiger partial charge on any atom is -0.493 e. The van der Waals surface area contributed by atoms with Crippen LogP contribution in [0.5, 0.6) is 23.1 Å². The number of rotatable bonds is 14. The van der Waals surface area contributed by atoms with Gasteiger partial charge in [0.1, 0.15) is 24.5 Å². The van der Waals surface area contributed by atoms with Crippen LogP contribution in [-0.4, -0.2) is 67.7 Å². The van der Waals surface area contributed by atoms with Gasteiger partial charge in [-0.05, 0) is 36.3 Å². The van der Waals surface area contributed by atoms with Crippen molar-refractivity contribution < 1.29 is 32.5 Å². The predicted molar refractivity (Wildman–Crippen MR) is 171 cm³/mol. The number of alkyl halides is 2. The third-order valence-corrected chi connectivity index (χ3v) is 7.16. The summed E-state index contributed by atoms with van der Waals surface area (Å²) in [5.74, 6) is -1.21. The first-order valence-corrected chi connectivity index (χ1v) is 14.7. The molecule has 0 saturated carbocycles. The van der Waals surface area contributed by atoms with Gasteiger partial charge in [-0.15, -0.1) is 0 Å². The topological polar surface area (TPSA) is 116 Å². The van der Waals surface area contributed by atoms with Crippen molar-refractivity contribution in [2.75, 3.05) is 39.3 Å². The van der Waals surface area contributed by atoms with E-state index >= 15 is 0 Å². The van der Waals surface area contributed by atoms with Crippen molar-refractivity contribution >= 4 is 28.3 Å². The molecule has 0 fully saturated rings. The number of hydrogen-bond acceptors (Lipinski definition) is 8. The summed E-state index contributed by atoms with van der Waals surface area (Å²) >= 11 is 0. The van der Waals surface area contributed by atoms with E-state index in [9.17, 15) is 13.6 Å². The summed E-state index contributed by atoms with van der Waals surface area (Å²) in [4.78, 5) is 25.7. The van der Waals surface area contributed by atoms with Crippen LogP contribution in [0.4, 0.5) is 14.5 Å². The molecule has 1 amide bonds. The Hall–Kier alpha value is -5.10. The lowest BCUT2D eigenvalue weighted by Crippen LogP contribution is -2.35. The maximum Gasteiger partial charge on any atom is 0.269 e. The van der Waals surface area contributed by atoms with Crippen LogP contribution < -0.4 is 24.8 Å². The van der Waals surface area contributed by atoms with E-state index in [-0.39, 0.29) is 24.4 Å². The van der Waals surface area contributed by atoms with Gasteiger partial charge in [0, 0.05) is 43.8 Å². The van der Waals surface area contributed by atoms with Crippen molar-refractivity contribution in [3.05, 3.63) is 90.3 Å². The predicted octanol–water partition coefficient (Wildman–Crippen LogP) is 5.98. The molecular formula is C34H35F2N5O5. The number of hydrogen-bond donors (Lipinski definition) is 2. The number of benzene rings is 3. The molecule has 5 rings (SSSR count). The van der Waals surface area contributed by atoms with Gasteiger partial charge in [0.2, 0.25) is 11.8 Å². The second-order valence-electron chi connectivity index (χ2n) is 10.6. The van der Waals surface area contributed by atoms with E-state index in [4.69, 9.17) is 18.9 Å². The molecule has 3 aromatic carbocycles. The molecule has 1 aliphatic heterocycles. The molecule has 1 aromatic heterocycles. The van der Waals surface area contributed by atoms with Gasteiger partial charge >= 0.3 is 0 Å². The Morgan fingerprint density at radius 2 is 1.85 bits per heavy atom. The summed E-state index contributed by atoms with van der Waals surface area (Å²) in [7, 11) is 3.13. The molecule has 1 unspecified atom stereocenters. The number of halogens is 2.